The molecule has 1 heterocycles. The van der Waals surface area contributed by atoms with Crippen molar-refractivity contribution >= 4 is 12.1 Å². The van der Waals surface area contributed by atoms with Gasteiger partial charge in [-0.15, -0.1) is 0 Å². The van der Waals surface area contributed by atoms with Gasteiger partial charge in [-0.2, -0.15) is 0 Å². The second kappa shape index (κ2) is 6.75. The molecule has 0 saturated carbocycles. The summed E-state index contributed by atoms with van der Waals surface area (Å²) in [5.74, 6) is 0.154. The fourth-order valence-corrected chi connectivity index (χ4v) is 2.04. The third kappa shape index (κ3) is 5.92. The summed E-state index contributed by atoms with van der Waals surface area (Å²) in [5.41, 5.74) is -0.477. The normalized spacial score (nSPS) is 22.9. The number of hydrogen-bond donors (Lipinski definition) is 2. The average molecular weight is 272 g/mol. The molecule has 0 aromatic carbocycles. The Labute approximate surface area is 114 Å². The summed E-state index contributed by atoms with van der Waals surface area (Å²) in [6, 6.07) is -0.212. The van der Waals surface area contributed by atoms with Gasteiger partial charge in [0.1, 0.15) is 11.6 Å². The molecule has 1 aliphatic heterocycles. The molecule has 1 fully saturated rings. The van der Waals surface area contributed by atoms with Gasteiger partial charge in [-0.25, -0.2) is 4.79 Å². The lowest BCUT2D eigenvalue weighted by molar-refractivity contribution is -0.142. The maximum Gasteiger partial charge on any atom is 0.407 e. The third-order valence-electron chi connectivity index (χ3n) is 2.93. The lowest BCUT2D eigenvalue weighted by atomic mass is 10.0. The van der Waals surface area contributed by atoms with Gasteiger partial charge in [-0.05, 0) is 46.1 Å². The summed E-state index contributed by atoms with van der Waals surface area (Å²) < 4.78 is 9.83. The number of carbonyl (C=O) groups excluding carboxylic acids is 2. The topological polar surface area (TPSA) is 76.7 Å². The first-order chi connectivity index (χ1) is 8.81. The van der Waals surface area contributed by atoms with Crippen molar-refractivity contribution in [1.82, 2.24) is 10.6 Å². The second-order valence-electron chi connectivity index (χ2n) is 5.80. The van der Waals surface area contributed by atoms with Crippen LogP contribution in [-0.2, 0) is 14.3 Å². The monoisotopic (exact) mass is 272 g/mol. The van der Waals surface area contributed by atoms with E-state index in [0.717, 1.165) is 19.4 Å². The van der Waals surface area contributed by atoms with Gasteiger partial charge in [0, 0.05) is 6.54 Å². The van der Waals surface area contributed by atoms with Crippen molar-refractivity contribution in [3.63, 3.8) is 0 Å². The molecule has 19 heavy (non-hydrogen) atoms. The fraction of sp³-hybridized carbons (Fsp3) is 0.846. The van der Waals surface area contributed by atoms with E-state index >= 15 is 0 Å². The molecule has 2 unspecified atom stereocenters. The first-order valence-electron chi connectivity index (χ1n) is 6.60. The quantitative estimate of drug-likeness (QED) is 0.748. The molecule has 0 aromatic rings. The number of amides is 1. The maximum absolute atomic E-state index is 11.4. The zero-order chi connectivity index (χ0) is 14.5. The van der Waals surface area contributed by atoms with Gasteiger partial charge in [0.25, 0.3) is 0 Å². The molecule has 0 spiro atoms. The van der Waals surface area contributed by atoms with Crippen molar-refractivity contribution < 1.29 is 19.1 Å². The third-order valence-corrected chi connectivity index (χ3v) is 2.93. The molecule has 0 bridgehead atoms. The first kappa shape index (κ1) is 15.8. The van der Waals surface area contributed by atoms with Gasteiger partial charge in [-0.1, -0.05) is 0 Å². The van der Waals surface area contributed by atoms with E-state index in [4.69, 9.17) is 4.74 Å². The number of hydrogen-bond acceptors (Lipinski definition) is 5. The van der Waals surface area contributed by atoms with Gasteiger partial charge in [0.05, 0.1) is 7.11 Å². The molecule has 1 rings (SSSR count). The van der Waals surface area contributed by atoms with E-state index in [2.05, 4.69) is 15.4 Å². The van der Waals surface area contributed by atoms with Crippen LogP contribution in [0.2, 0.25) is 0 Å². The van der Waals surface area contributed by atoms with Crippen molar-refractivity contribution in [2.45, 2.75) is 45.3 Å². The molecule has 2 atom stereocenters. The molecule has 6 heteroatoms. The Morgan fingerprint density at radius 3 is 2.63 bits per heavy atom. The van der Waals surface area contributed by atoms with Crippen LogP contribution in [0.15, 0.2) is 0 Å². The number of alkyl carbamates (subject to hydrolysis) is 1. The summed E-state index contributed by atoms with van der Waals surface area (Å²) in [6.07, 6.45) is 1.17. The van der Waals surface area contributed by atoms with Gasteiger partial charge < -0.3 is 20.1 Å². The van der Waals surface area contributed by atoms with E-state index in [0.29, 0.717) is 12.5 Å². The largest absolute Gasteiger partial charge is 0.468 e. The lowest BCUT2D eigenvalue weighted by Crippen LogP contribution is -2.33. The van der Waals surface area contributed by atoms with Crippen molar-refractivity contribution in [2.24, 2.45) is 5.92 Å². The lowest BCUT2D eigenvalue weighted by Gasteiger charge is -2.20. The summed E-state index contributed by atoms with van der Waals surface area (Å²) in [4.78, 5) is 22.8. The highest BCUT2D eigenvalue weighted by Crippen LogP contribution is 2.17. The Hall–Kier alpha value is -1.30. The van der Waals surface area contributed by atoms with Crippen LogP contribution >= 0.6 is 0 Å². The number of rotatable bonds is 4. The van der Waals surface area contributed by atoms with Crippen LogP contribution in [0.3, 0.4) is 0 Å². The van der Waals surface area contributed by atoms with Crippen LogP contribution in [0.25, 0.3) is 0 Å². The Morgan fingerprint density at radius 1 is 1.37 bits per heavy atom. The predicted molar refractivity (Wildman–Crippen MR) is 70.8 cm³/mol. The number of methoxy groups -OCH3 is 1. The Bertz CT molecular complexity index is 325. The molecule has 1 saturated heterocycles. The molecule has 0 radical (unpaired) electrons. The molecule has 0 aliphatic carbocycles. The van der Waals surface area contributed by atoms with E-state index in [1.54, 1.807) is 0 Å². The summed E-state index contributed by atoms with van der Waals surface area (Å²) >= 11 is 0. The van der Waals surface area contributed by atoms with E-state index in [9.17, 15) is 9.59 Å². The highest BCUT2D eigenvalue weighted by atomic mass is 16.6. The fourth-order valence-electron chi connectivity index (χ4n) is 2.04. The standard InChI is InChI=1S/C13H24N2O4/c1-13(2,3)19-12(17)14-6-5-9-7-10(15-8-9)11(16)18-4/h9-10,15H,5-8H2,1-4H3,(H,14,17). The molecule has 6 nitrogen and oxygen atoms in total. The minimum atomic E-state index is -0.477. The Kier molecular flexibility index (Phi) is 5.60. The van der Waals surface area contributed by atoms with Gasteiger partial charge in [0.2, 0.25) is 0 Å². The molecular weight excluding hydrogens is 248 g/mol. The van der Waals surface area contributed by atoms with Crippen LogP contribution in [0, 0.1) is 5.92 Å². The summed E-state index contributed by atoms with van der Waals surface area (Å²) in [6.45, 7) is 6.81. The number of ether oxygens (including phenoxy) is 2. The molecular formula is C13H24N2O4. The summed E-state index contributed by atoms with van der Waals surface area (Å²) in [7, 11) is 1.39. The minimum Gasteiger partial charge on any atom is -0.468 e. The van der Waals surface area contributed by atoms with Crippen molar-refractivity contribution in [2.75, 3.05) is 20.2 Å². The van der Waals surface area contributed by atoms with Crippen LogP contribution in [0.1, 0.15) is 33.6 Å². The maximum atomic E-state index is 11.4. The first-order valence-corrected chi connectivity index (χ1v) is 6.60. The van der Waals surface area contributed by atoms with E-state index < -0.39 is 11.7 Å². The number of nitrogens with one attached hydrogen (secondary N) is 2. The van der Waals surface area contributed by atoms with E-state index in [-0.39, 0.29) is 12.0 Å². The average Bonchev–Trinajstić information content (AvgIpc) is 2.74. The summed E-state index contributed by atoms with van der Waals surface area (Å²) in [5, 5.41) is 5.83. The van der Waals surface area contributed by atoms with E-state index in [1.807, 2.05) is 20.8 Å². The molecule has 1 amide bonds. The molecule has 0 aromatic heterocycles. The van der Waals surface area contributed by atoms with Crippen LogP contribution in [0.4, 0.5) is 4.79 Å². The van der Waals surface area contributed by atoms with Crippen molar-refractivity contribution in [3.05, 3.63) is 0 Å². The molecule has 1 aliphatic rings. The van der Waals surface area contributed by atoms with E-state index in [1.165, 1.54) is 7.11 Å². The zero-order valence-electron chi connectivity index (χ0n) is 12.1. The predicted octanol–water partition coefficient (Wildman–Crippen LogP) is 1.05. The second-order valence-corrected chi connectivity index (χ2v) is 5.80. The number of esters is 1. The van der Waals surface area contributed by atoms with Crippen molar-refractivity contribution in [3.8, 4) is 0 Å². The smallest absolute Gasteiger partial charge is 0.407 e. The van der Waals surface area contributed by atoms with Gasteiger partial charge in [-0.3, -0.25) is 4.79 Å². The zero-order valence-corrected chi connectivity index (χ0v) is 12.1. The molecule has 110 valence electrons. The highest BCUT2D eigenvalue weighted by Gasteiger charge is 2.29. The SMILES string of the molecule is COC(=O)C1CC(CCNC(=O)OC(C)(C)C)CN1. The highest BCUT2D eigenvalue weighted by molar-refractivity contribution is 5.76. The van der Waals surface area contributed by atoms with Crippen LogP contribution < -0.4 is 10.6 Å². The van der Waals surface area contributed by atoms with Crippen LogP contribution in [0.5, 0.6) is 0 Å². The van der Waals surface area contributed by atoms with Crippen molar-refractivity contribution in [1.29, 1.82) is 0 Å². The minimum absolute atomic E-state index is 0.212. The Morgan fingerprint density at radius 2 is 2.05 bits per heavy atom. The molecule has 2 N–H and O–H groups in total. The Balaban J connectivity index is 2.18. The van der Waals surface area contributed by atoms with Gasteiger partial charge >= 0.3 is 12.1 Å². The number of carbonyl (C=O) groups is 2. The van der Waals surface area contributed by atoms with Crippen LogP contribution in [-0.4, -0.2) is 43.9 Å². The van der Waals surface area contributed by atoms with Gasteiger partial charge in [0.15, 0.2) is 0 Å².